The molecular formula is C21H23NO4. The van der Waals surface area contributed by atoms with Gasteiger partial charge in [0.2, 0.25) is 0 Å². The molecule has 1 atom stereocenters. The van der Waals surface area contributed by atoms with E-state index in [1.54, 1.807) is 4.90 Å². The summed E-state index contributed by atoms with van der Waals surface area (Å²) < 4.78 is 11.7. The van der Waals surface area contributed by atoms with Crippen LogP contribution in [0.3, 0.4) is 0 Å². The van der Waals surface area contributed by atoms with Gasteiger partial charge in [-0.1, -0.05) is 48.5 Å². The van der Waals surface area contributed by atoms with Crippen molar-refractivity contribution in [3.63, 3.8) is 0 Å². The van der Waals surface area contributed by atoms with E-state index in [1.807, 2.05) is 54.6 Å². The molecule has 2 aliphatic heterocycles. The second-order valence-electron chi connectivity index (χ2n) is 7.07. The van der Waals surface area contributed by atoms with E-state index in [0.717, 1.165) is 16.9 Å². The first-order chi connectivity index (χ1) is 12.7. The molecule has 4 rings (SSSR count). The molecule has 136 valence electrons. The summed E-state index contributed by atoms with van der Waals surface area (Å²) in [4.78, 5) is 14.0. The molecule has 2 aromatic rings. The lowest BCUT2D eigenvalue weighted by Crippen LogP contribution is -2.51. The average molecular weight is 353 g/mol. The Balaban J connectivity index is 1.35. The SMILES string of the molecule is O=C(OCc1ccccc1)N1CCC2(CC1)C[C@H](O)c1ccccc1O2. The monoisotopic (exact) mass is 353 g/mol. The van der Waals surface area contributed by atoms with Crippen LogP contribution in [0.2, 0.25) is 0 Å². The minimum absolute atomic E-state index is 0.282. The van der Waals surface area contributed by atoms with Crippen LogP contribution in [0.4, 0.5) is 4.79 Å². The standard InChI is InChI=1S/C21H23NO4/c23-18-14-21(26-19-9-5-4-8-17(18)19)10-12-22(13-11-21)20(24)25-15-16-6-2-1-3-7-16/h1-9,18,23H,10-15H2/t18-/m0/s1. The van der Waals surface area contributed by atoms with E-state index in [1.165, 1.54) is 0 Å². The Hall–Kier alpha value is -2.53. The summed E-state index contributed by atoms with van der Waals surface area (Å²) in [5, 5.41) is 10.5. The number of amides is 1. The summed E-state index contributed by atoms with van der Waals surface area (Å²) >= 11 is 0. The molecule has 0 aliphatic carbocycles. The van der Waals surface area contributed by atoms with Crippen LogP contribution in [0.5, 0.6) is 5.75 Å². The molecule has 0 bridgehead atoms. The van der Waals surface area contributed by atoms with Gasteiger partial charge in [0, 0.05) is 37.9 Å². The lowest BCUT2D eigenvalue weighted by molar-refractivity contribution is -0.0523. The molecule has 1 spiro atoms. The Morgan fingerprint density at radius 2 is 1.81 bits per heavy atom. The molecule has 1 saturated heterocycles. The summed E-state index contributed by atoms with van der Waals surface area (Å²) in [6.07, 6.45) is 1.14. The molecule has 2 heterocycles. The molecule has 26 heavy (non-hydrogen) atoms. The van der Waals surface area contributed by atoms with Gasteiger partial charge in [-0.3, -0.25) is 0 Å². The van der Waals surface area contributed by atoms with Crippen molar-refractivity contribution in [1.82, 2.24) is 4.90 Å². The number of para-hydroxylation sites is 1. The minimum atomic E-state index is -0.517. The van der Waals surface area contributed by atoms with E-state index in [0.29, 0.717) is 32.4 Å². The molecule has 5 heteroatoms. The number of fused-ring (bicyclic) bond motifs is 1. The number of carbonyl (C=O) groups is 1. The third kappa shape index (κ3) is 3.40. The van der Waals surface area contributed by atoms with E-state index in [-0.39, 0.29) is 12.7 Å². The number of carbonyl (C=O) groups excluding carboxylic acids is 1. The Morgan fingerprint density at radius 1 is 1.12 bits per heavy atom. The molecule has 5 nitrogen and oxygen atoms in total. The highest BCUT2D eigenvalue weighted by molar-refractivity contribution is 5.67. The van der Waals surface area contributed by atoms with Gasteiger partial charge in [-0.05, 0) is 11.6 Å². The van der Waals surface area contributed by atoms with Crippen LogP contribution in [0.1, 0.15) is 36.5 Å². The van der Waals surface area contributed by atoms with Gasteiger partial charge in [0.1, 0.15) is 18.0 Å². The van der Waals surface area contributed by atoms with Crippen molar-refractivity contribution >= 4 is 6.09 Å². The van der Waals surface area contributed by atoms with Crippen LogP contribution in [-0.4, -0.2) is 34.8 Å². The number of aliphatic hydroxyl groups excluding tert-OH is 1. The maximum atomic E-state index is 12.3. The third-order valence-electron chi connectivity index (χ3n) is 5.31. The first-order valence-electron chi connectivity index (χ1n) is 9.07. The van der Waals surface area contributed by atoms with Crippen molar-refractivity contribution in [1.29, 1.82) is 0 Å². The molecule has 0 aromatic heterocycles. The summed E-state index contributed by atoms with van der Waals surface area (Å²) in [7, 11) is 0. The van der Waals surface area contributed by atoms with Gasteiger partial charge >= 0.3 is 6.09 Å². The second kappa shape index (κ2) is 7.00. The number of ether oxygens (including phenoxy) is 2. The first-order valence-corrected chi connectivity index (χ1v) is 9.07. The van der Waals surface area contributed by atoms with Crippen LogP contribution in [0, 0.1) is 0 Å². The summed E-state index contributed by atoms with van der Waals surface area (Å²) in [6.45, 7) is 1.43. The quantitative estimate of drug-likeness (QED) is 0.895. The molecule has 1 fully saturated rings. The van der Waals surface area contributed by atoms with E-state index in [4.69, 9.17) is 9.47 Å². The molecule has 1 N–H and O–H groups in total. The van der Waals surface area contributed by atoms with Gasteiger partial charge in [-0.15, -0.1) is 0 Å². The zero-order valence-electron chi connectivity index (χ0n) is 14.6. The maximum Gasteiger partial charge on any atom is 0.410 e. The number of nitrogens with zero attached hydrogens (tertiary/aromatic N) is 1. The van der Waals surface area contributed by atoms with E-state index in [2.05, 4.69) is 0 Å². The number of likely N-dealkylation sites (tertiary alicyclic amines) is 1. The van der Waals surface area contributed by atoms with Crippen molar-refractivity contribution in [2.75, 3.05) is 13.1 Å². The summed E-state index contributed by atoms with van der Waals surface area (Å²) in [5.74, 6) is 0.756. The average Bonchev–Trinajstić information content (AvgIpc) is 2.67. The number of piperidine rings is 1. The molecule has 2 aromatic carbocycles. The van der Waals surface area contributed by atoms with Crippen LogP contribution in [-0.2, 0) is 11.3 Å². The van der Waals surface area contributed by atoms with Gasteiger partial charge in [-0.25, -0.2) is 4.79 Å². The minimum Gasteiger partial charge on any atom is -0.487 e. The Labute approximate surface area is 153 Å². The van der Waals surface area contributed by atoms with Crippen molar-refractivity contribution in [3.05, 3.63) is 65.7 Å². The lowest BCUT2D eigenvalue weighted by atomic mass is 9.82. The second-order valence-corrected chi connectivity index (χ2v) is 7.07. The van der Waals surface area contributed by atoms with Crippen molar-refractivity contribution < 1.29 is 19.4 Å². The highest BCUT2D eigenvalue weighted by atomic mass is 16.6. The molecule has 2 aliphatic rings. The smallest absolute Gasteiger partial charge is 0.410 e. The third-order valence-corrected chi connectivity index (χ3v) is 5.31. The summed E-state index contributed by atoms with van der Waals surface area (Å²) in [6, 6.07) is 17.3. The maximum absolute atomic E-state index is 12.3. The Kier molecular flexibility index (Phi) is 4.55. The highest BCUT2D eigenvalue weighted by Crippen LogP contribution is 2.44. The largest absolute Gasteiger partial charge is 0.487 e. The lowest BCUT2D eigenvalue weighted by Gasteiger charge is -2.45. The predicted octanol–water partition coefficient (Wildman–Crippen LogP) is 3.67. The van der Waals surface area contributed by atoms with Gasteiger partial charge in [-0.2, -0.15) is 0 Å². The Bertz CT molecular complexity index is 769. The van der Waals surface area contributed by atoms with Gasteiger partial charge in [0.15, 0.2) is 0 Å². The fraction of sp³-hybridized carbons (Fsp3) is 0.381. The molecule has 1 amide bonds. The van der Waals surface area contributed by atoms with Crippen molar-refractivity contribution in [2.45, 2.75) is 37.6 Å². The zero-order chi connectivity index (χ0) is 18.0. The number of hydrogen-bond donors (Lipinski definition) is 1. The van der Waals surface area contributed by atoms with E-state index in [9.17, 15) is 9.90 Å². The zero-order valence-corrected chi connectivity index (χ0v) is 14.6. The predicted molar refractivity (Wildman–Crippen MR) is 96.8 cm³/mol. The normalized spacial score (nSPS) is 21.0. The number of hydrogen-bond acceptors (Lipinski definition) is 4. The van der Waals surface area contributed by atoms with Crippen LogP contribution < -0.4 is 4.74 Å². The topological polar surface area (TPSA) is 59.0 Å². The highest BCUT2D eigenvalue weighted by Gasteiger charge is 2.43. The van der Waals surface area contributed by atoms with Gasteiger partial charge in [0.05, 0.1) is 6.10 Å². The number of rotatable bonds is 2. The van der Waals surface area contributed by atoms with Crippen LogP contribution >= 0.6 is 0 Å². The molecule has 0 saturated carbocycles. The van der Waals surface area contributed by atoms with E-state index < -0.39 is 11.7 Å². The van der Waals surface area contributed by atoms with Crippen molar-refractivity contribution in [3.8, 4) is 5.75 Å². The fourth-order valence-electron chi connectivity index (χ4n) is 3.80. The fourth-order valence-corrected chi connectivity index (χ4v) is 3.80. The molecule has 0 unspecified atom stereocenters. The molecule has 0 radical (unpaired) electrons. The molecular weight excluding hydrogens is 330 g/mol. The number of benzene rings is 2. The van der Waals surface area contributed by atoms with Crippen LogP contribution in [0.25, 0.3) is 0 Å². The van der Waals surface area contributed by atoms with Crippen molar-refractivity contribution in [2.24, 2.45) is 0 Å². The van der Waals surface area contributed by atoms with E-state index >= 15 is 0 Å². The first kappa shape index (κ1) is 16.9. The van der Waals surface area contributed by atoms with Crippen LogP contribution in [0.15, 0.2) is 54.6 Å². The number of aliphatic hydroxyl groups is 1. The van der Waals surface area contributed by atoms with Gasteiger partial charge in [0.25, 0.3) is 0 Å². The Morgan fingerprint density at radius 3 is 2.58 bits per heavy atom. The summed E-state index contributed by atoms with van der Waals surface area (Å²) in [5.41, 5.74) is 1.43. The van der Waals surface area contributed by atoms with Gasteiger partial charge < -0.3 is 19.5 Å².